The van der Waals surface area contributed by atoms with Crippen LogP contribution in [0.25, 0.3) is 11.3 Å². The number of nitrogens with one attached hydrogen (secondary N) is 2. The van der Waals surface area contributed by atoms with Crippen molar-refractivity contribution in [1.29, 1.82) is 0 Å². The van der Waals surface area contributed by atoms with E-state index in [4.69, 9.17) is 26.6 Å². The molecule has 35 heavy (non-hydrogen) atoms. The Morgan fingerprint density at radius 2 is 1.66 bits per heavy atom. The molecule has 0 saturated carbocycles. The normalized spacial score (nSPS) is 20.2. The van der Waals surface area contributed by atoms with Gasteiger partial charge in [-0.2, -0.15) is 9.97 Å². The molecule has 0 aliphatic carbocycles. The second-order valence-electron chi connectivity index (χ2n) is 9.89. The summed E-state index contributed by atoms with van der Waals surface area (Å²) in [4.78, 5) is 14.4. The maximum atomic E-state index is 5.98. The molecule has 0 radical (unpaired) electrons. The van der Waals surface area contributed by atoms with Gasteiger partial charge in [-0.05, 0) is 55.4 Å². The second kappa shape index (κ2) is 10.6. The molecule has 0 amide bonds. The summed E-state index contributed by atoms with van der Waals surface area (Å²) < 4.78 is 5.98. The number of furan rings is 1. The van der Waals surface area contributed by atoms with Gasteiger partial charge in [0, 0.05) is 37.8 Å². The minimum absolute atomic E-state index is 0.479. The van der Waals surface area contributed by atoms with E-state index in [-0.39, 0.29) is 0 Å². The molecule has 7 nitrogen and oxygen atoms in total. The van der Waals surface area contributed by atoms with Crippen molar-refractivity contribution in [2.24, 2.45) is 11.8 Å². The highest BCUT2D eigenvalue weighted by atomic mass is 32.1. The van der Waals surface area contributed by atoms with Gasteiger partial charge < -0.3 is 24.9 Å². The molecule has 2 atom stereocenters. The first kappa shape index (κ1) is 23.6. The number of nitrogens with zero attached hydrogens (tertiary/aromatic N) is 4. The van der Waals surface area contributed by atoms with Crippen LogP contribution in [0.1, 0.15) is 38.9 Å². The first-order chi connectivity index (χ1) is 17.0. The molecule has 2 aliphatic rings. The lowest BCUT2D eigenvalue weighted by Crippen LogP contribution is -2.39. The molecule has 0 spiro atoms. The highest BCUT2D eigenvalue weighted by Gasteiger charge is 2.25. The summed E-state index contributed by atoms with van der Waals surface area (Å²) in [7, 11) is 0. The molecule has 8 heteroatoms. The third-order valence-corrected chi connectivity index (χ3v) is 6.94. The Balaban J connectivity index is 1.27. The molecule has 2 unspecified atom stereocenters. The van der Waals surface area contributed by atoms with Crippen LogP contribution in [-0.2, 0) is 6.54 Å². The monoisotopic (exact) mass is 490 g/mol. The van der Waals surface area contributed by atoms with E-state index >= 15 is 0 Å². The summed E-state index contributed by atoms with van der Waals surface area (Å²) in [5, 5.41) is 6.93. The third-order valence-electron chi connectivity index (χ3n) is 6.69. The van der Waals surface area contributed by atoms with Crippen molar-refractivity contribution in [1.82, 2.24) is 15.3 Å². The van der Waals surface area contributed by atoms with Crippen molar-refractivity contribution in [3.63, 3.8) is 0 Å². The van der Waals surface area contributed by atoms with Crippen molar-refractivity contribution in [2.75, 3.05) is 41.3 Å². The zero-order valence-electron chi connectivity index (χ0n) is 20.5. The van der Waals surface area contributed by atoms with Crippen molar-refractivity contribution >= 4 is 34.9 Å². The average molecular weight is 491 g/mol. The molecular weight excluding hydrogens is 456 g/mol. The summed E-state index contributed by atoms with van der Waals surface area (Å²) in [6, 6.07) is 16.2. The van der Waals surface area contributed by atoms with Gasteiger partial charge in [0.1, 0.15) is 23.2 Å². The topological polar surface area (TPSA) is 69.5 Å². The van der Waals surface area contributed by atoms with Crippen LogP contribution in [0.5, 0.6) is 0 Å². The van der Waals surface area contributed by atoms with Gasteiger partial charge in [0.2, 0.25) is 5.95 Å². The molecule has 2 saturated heterocycles. The van der Waals surface area contributed by atoms with E-state index in [9.17, 15) is 0 Å². The number of anilines is 3. The Bertz CT molecular complexity index is 1130. The van der Waals surface area contributed by atoms with E-state index in [1.54, 1.807) is 0 Å². The number of hydrogen-bond donors (Lipinski definition) is 2. The van der Waals surface area contributed by atoms with Crippen molar-refractivity contribution in [3.8, 4) is 11.3 Å². The molecule has 2 aromatic heterocycles. The minimum atomic E-state index is 0.479. The van der Waals surface area contributed by atoms with E-state index in [0.717, 1.165) is 54.9 Å². The number of aromatic nitrogens is 2. The molecule has 3 aromatic rings. The second-order valence-corrected chi connectivity index (χ2v) is 10.3. The van der Waals surface area contributed by atoms with Crippen LogP contribution in [0.4, 0.5) is 17.6 Å². The van der Waals surface area contributed by atoms with E-state index in [0.29, 0.717) is 29.4 Å². The molecule has 0 bridgehead atoms. The highest BCUT2D eigenvalue weighted by molar-refractivity contribution is 7.80. The van der Waals surface area contributed by atoms with Crippen LogP contribution in [0, 0.1) is 11.8 Å². The fourth-order valence-corrected chi connectivity index (χ4v) is 5.31. The number of hydrogen-bond acceptors (Lipinski definition) is 6. The van der Waals surface area contributed by atoms with Gasteiger partial charge in [-0.3, -0.25) is 0 Å². The summed E-state index contributed by atoms with van der Waals surface area (Å²) in [5.74, 6) is 5.45. The predicted octanol–water partition coefficient (Wildman–Crippen LogP) is 5.31. The highest BCUT2D eigenvalue weighted by Crippen LogP contribution is 2.29. The Hall–Kier alpha value is -3.13. The lowest BCUT2D eigenvalue weighted by atomic mass is 9.92. The van der Waals surface area contributed by atoms with Gasteiger partial charge in [-0.25, -0.2) is 0 Å². The lowest BCUT2D eigenvalue weighted by Gasteiger charge is -2.36. The van der Waals surface area contributed by atoms with Gasteiger partial charge in [-0.15, -0.1) is 0 Å². The number of thiocarbonyl (C=S) groups is 1. The lowest BCUT2D eigenvalue weighted by molar-refractivity contribution is 0.355. The first-order valence-electron chi connectivity index (χ1n) is 12.6. The fraction of sp³-hybridized carbons (Fsp3) is 0.444. The maximum absolute atomic E-state index is 5.98. The molecule has 1 aromatic carbocycles. The van der Waals surface area contributed by atoms with E-state index in [2.05, 4.69) is 40.3 Å². The van der Waals surface area contributed by atoms with Crippen LogP contribution in [-0.4, -0.2) is 41.3 Å². The van der Waals surface area contributed by atoms with Crippen LogP contribution in [0.2, 0.25) is 0 Å². The minimum Gasteiger partial charge on any atom is -0.459 e. The maximum Gasteiger partial charge on any atom is 0.232 e. The van der Waals surface area contributed by atoms with Crippen molar-refractivity contribution in [3.05, 3.63) is 54.3 Å². The first-order valence-corrected chi connectivity index (χ1v) is 13.0. The SMILES string of the molecule is CC1CC(C)CN(c2cc(N3CCCC3)nc(NC(=S)NCc3ccc(-c4ccccc4)o3)n2)C1. The van der Waals surface area contributed by atoms with Gasteiger partial charge in [-0.1, -0.05) is 44.2 Å². The van der Waals surface area contributed by atoms with Crippen LogP contribution in [0.3, 0.4) is 0 Å². The van der Waals surface area contributed by atoms with E-state index in [1.807, 2.05) is 42.5 Å². The summed E-state index contributed by atoms with van der Waals surface area (Å²) in [5.41, 5.74) is 1.06. The quantitative estimate of drug-likeness (QED) is 0.451. The van der Waals surface area contributed by atoms with Crippen LogP contribution in [0.15, 0.2) is 52.9 Å². The molecule has 2 N–H and O–H groups in total. The molecule has 184 valence electrons. The fourth-order valence-electron chi connectivity index (χ4n) is 5.14. The van der Waals surface area contributed by atoms with Gasteiger partial charge in [0.25, 0.3) is 0 Å². The van der Waals surface area contributed by atoms with E-state index in [1.165, 1.54) is 19.3 Å². The van der Waals surface area contributed by atoms with Gasteiger partial charge in [0.05, 0.1) is 6.54 Å². The smallest absolute Gasteiger partial charge is 0.232 e. The molecule has 4 heterocycles. The molecule has 2 fully saturated rings. The van der Waals surface area contributed by atoms with Crippen molar-refractivity contribution in [2.45, 2.75) is 39.7 Å². The van der Waals surface area contributed by atoms with Gasteiger partial charge in [0.15, 0.2) is 5.11 Å². The predicted molar refractivity (Wildman–Crippen MR) is 146 cm³/mol. The number of rotatable bonds is 6. The largest absolute Gasteiger partial charge is 0.459 e. The van der Waals surface area contributed by atoms with Crippen LogP contribution >= 0.6 is 12.2 Å². The number of piperidine rings is 1. The van der Waals surface area contributed by atoms with Crippen molar-refractivity contribution < 1.29 is 4.42 Å². The number of benzene rings is 1. The zero-order chi connectivity index (χ0) is 24.2. The Morgan fingerprint density at radius 1 is 0.971 bits per heavy atom. The summed E-state index contributed by atoms with van der Waals surface area (Å²) >= 11 is 5.58. The zero-order valence-corrected chi connectivity index (χ0v) is 21.4. The summed E-state index contributed by atoms with van der Waals surface area (Å²) in [6.45, 7) is 9.23. The van der Waals surface area contributed by atoms with Gasteiger partial charge >= 0.3 is 0 Å². The Morgan fingerprint density at radius 3 is 2.37 bits per heavy atom. The third kappa shape index (κ3) is 5.93. The Labute approximate surface area is 212 Å². The van der Waals surface area contributed by atoms with E-state index < -0.39 is 0 Å². The molecular formula is C27H34N6OS. The van der Waals surface area contributed by atoms with Crippen LogP contribution < -0.4 is 20.4 Å². The average Bonchev–Trinajstić information content (AvgIpc) is 3.55. The summed E-state index contributed by atoms with van der Waals surface area (Å²) in [6.07, 6.45) is 3.67. The standard InChI is InChI=1S/C27H34N6OS/c1-19-14-20(2)18-33(17-19)25-15-24(32-12-6-7-13-32)29-26(30-25)31-27(35)28-16-22-10-11-23(34-22)21-8-4-3-5-9-21/h3-5,8-11,15,19-20H,6-7,12-14,16-18H2,1-2H3,(H2,28,29,30,31,35). The molecule has 2 aliphatic heterocycles. The Kier molecular flexibility index (Phi) is 7.18. The molecule has 5 rings (SSSR count).